The highest BCUT2D eigenvalue weighted by Gasteiger charge is 2.29. The maximum absolute atomic E-state index is 12.7. The zero-order chi connectivity index (χ0) is 23.9. The van der Waals surface area contributed by atoms with Gasteiger partial charge in [-0.15, -0.1) is 13.2 Å². The van der Waals surface area contributed by atoms with Crippen molar-refractivity contribution in [1.29, 1.82) is 0 Å². The van der Waals surface area contributed by atoms with Crippen LogP contribution in [0.1, 0.15) is 65.2 Å². The first-order valence-corrected chi connectivity index (χ1v) is 11.4. The molecule has 0 aromatic carbocycles. The zero-order valence-electron chi connectivity index (χ0n) is 19.4. The summed E-state index contributed by atoms with van der Waals surface area (Å²) in [7, 11) is 0. The van der Waals surface area contributed by atoms with E-state index in [1.165, 1.54) is 12.2 Å². The molecule has 0 aromatic heterocycles. The van der Waals surface area contributed by atoms with Gasteiger partial charge in [-0.3, -0.25) is 19.2 Å². The largest absolute Gasteiger partial charge is 0.466 e. The Hall–Kier alpha value is -2.76. The molecule has 0 aromatic rings. The Bertz CT molecular complexity index is 694. The maximum atomic E-state index is 12.7. The van der Waals surface area contributed by atoms with Crippen LogP contribution in [-0.2, 0) is 28.7 Å². The van der Waals surface area contributed by atoms with Crippen molar-refractivity contribution in [3.8, 4) is 0 Å². The topological polar surface area (TPSA) is 86.7 Å². The standard InChI is InChI=1S/C26H36O6/c1-5-9-11-13-19(25(29)31-7-3)15-21-17-24(28)22(18-23(21)27)16-20(14-12-10-6-2)26(30)32-8-4/h5-6,17-20H,1-2,7-16H2,3-4H3. The number of ketones is 2. The molecule has 0 heterocycles. The summed E-state index contributed by atoms with van der Waals surface area (Å²) in [6.45, 7) is 11.3. The molecule has 0 bridgehead atoms. The van der Waals surface area contributed by atoms with Gasteiger partial charge in [0.1, 0.15) is 0 Å². The summed E-state index contributed by atoms with van der Waals surface area (Å²) in [5.74, 6) is -2.30. The molecule has 0 N–H and O–H groups in total. The predicted molar refractivity (Wildman–Crippen MR) is 124 cm³/mol. The zero-order valence-corrected chi connectivity index (χ0v) is 19.4. The van der Waals surface area contributed by atoms with Gasteiger partial charge in [0.15, 0.2) is 11.6 Å². The number of rotatable bonds is 16. The summed E-state index contributed by atoms with van der Waals surface area (Å²) >= 11 is 0. The van der Waals surface area contributed by atoms with E-state index >= 15 is 0 Å². The number of ether oxygens (including phenoxy) is 2. The molecule has 0 radical (unpaired) electrons. The first kappa shape index (κ1) is 27.3. The summed E-state index contributed by atoms with van der Waals surface area (Å²) < 4.78 is 10.3. The lowest BCUT2D eigenvalue weighted by atomic mass is 9.84. The molecule has 1 aliphatic carbocycles. The van der Waals surface area contributed by atoms with Gasteiger partial charge in [-0.1, -0.05) is 12.2 Å². The van der Waals surface area contributed by atoms with Gasteiger partial charge in [0, 0.05) is 11.1 Å². The molecular formula is C26H36O6. The molecule has 32 heavy (non-hydrogen) atoms. The molecule has 2 unspecified atom stereocenters. The third kappa shape index (κ3) is 9.16. The van der Waals surface area contributed by atoms with Crippen molar-refractivity contribution in [3.05, 3.63) is 48.6 Å². The second kappa shape index (κ2) is 15.1. The van der Waals surface area contributed by atoms with Crippen LogP contribution in [0.3, 0.4) is 0 Å². The highest BCUT2D eigenvalue weighted by atomic mass is 16.5. The van der Waals surface area contributed by atoms with E-state index in [1.54, 1.807) is 26.0 Å². The highest BCUT2D eigenvalue weighted by Crippen LogP contribution is 2.28. The lowest BCUT2D eigenvalue weighted by Gasteiger charge is -2.20. The molecule has 1 rings (SSSR count). The SMILES string of the molecule is C=CCCCC(CC1=CC(=O)C(CC(CCCC=C)C(=O)OCC)=CC1=O)C(=O)OCC. The number of hydrogen-bond donors (Lipinski definition) is 0. The van der Waals surface area contributed by atoms with Crippen LogP contribution in [0.25, 0.3) is 0 Å². The van der Waals surface area contributed by atoms with Gasteiger partial charge in [0.2, 0.25) is 0 Å². The Balaban J connectivity index is 2.91. The Kier molecular flexibility index (Phi) is 12.9. The molecule has 0 saturated heterocycles. The number of allylic oxidation sites excluding steroid dienone is 6. The fraction of sp³-hybridized carbons (Fsp3) is 0.538. The van der Waals surface area contributed by atoms with E-state index in [-0.39, 0.29) is 49.6 Å². The number of hydrogen-bond acceptors (Lipinski definition) is 6. The average Bonchev–Trinajstić information content (AvgIpc) is 2.75. The minimum absolute atomic E-state index is 0.158. The third-order valence-electron chi connectivity index (χ3n) is 5.34. The summed E-state index contributed by atoms with van der Waals surface area (Å²) in [6, 6.07) is 0. The van der Waals surface area contributed by atoms with Crippen molar-refractivity contribution < 1.29 is 28.7 Å². The minimum atomic E-state index is -0.487. The molecule has 0 spiro atoms. The highest BCUT2D eigenvalue weighted by molar-refractivity contribution is 6.20. The predicted octanol–water partition coefficient (Wildman–Crippen LogP) is 4.84. The maximum Gasteiger partial charge on any atom is 0.309 e. The summed E-state index contributed by atoms with van der Waals surface area (Å²) in [5, 5.41) is 0. The Morgan fingerprint density at radius 2 is 1.19 bits per heavy atom. The molecular weight excluding hydrogens is 408 g/mol. The van der Waals surface area contributed by atoms with Crippen molar-refractivity contribution in [2.24, 2.45) is 11.8 Å². The summed E-state index contributed by atoms with van der Waals surface area (Å²) in [4.78, 5) is 50.1. The van der Waals surface area contributed by atoms with Crippen LogP contribution in [0.2, 0.25) is 0 Å². The van der Waals surface area contributed by atoms with Crippen molar-refractivity contribution in [2.75, 3.05) is 13.2 Å². The second-order valence-corrected chi connectivity index (χ2v) is 7.81. The van der Waals surface area contributed by atoms with Crippen molar-refractivity contribution in [2.45, 2.75) is 65.2 Å². The van der Waals surface area contributed by atoms with E-state index in [0.717, 1.165) is 25.7 Å². The van der Waals surface area contributed by atoms with E-state index in [9.17, 15) is 19.2 Å². The molecule has 0 fully saturated rings. The van der Waals surface area contributed by atoms with Gasteiger partial charge in [-0.05, 0) is 77.4 Å². The van der Waals surface area contributed by atoms with E-state index < -0.39 is 11.8 Å². The molecule has 0 amide bonds. The van der Waals surface area contributed by atoms with Gasteiger partial charge in [0.25, 0.3) is 0 Å². The third-order valence-corrected chi connectivity index (χ3v) is 5.34. The van der Waals surface area contributed by atoms with E-state index in [4.69, 9.17) is 9.47 Å². The van der Waals surface area contributed by atoms with Crippen LogP contribution in [0, 0.1) is 11.8 Å². The fourth-order valence-corrected chi connectivity index (χ4v) is 3.64. The van der Waals surface area contributed by atoms with Crippen molar-refractivity contribution in [3.63, 3.8) is 0 Å². The summed E-state index contributed by atoms with van der Waals surface area (Å²) in [5.41, 5.74) is 0.601. The quantitative estimate of drug-likeness (QED) is 0.146. The molecule has 176 valence electrons. The average molecular weight is 445 g/mol. The van der Waals surface area contributed by atoms with Crippen LogP contribution < -0.4 is 0 Å². The first-order chi connectivity index (χ1) is 15.4. The smallest absolute Gasteiger partial charge is 0.309 e. The number of carbonyl (C=O) groups is 4. The molecule has 2 atom stereocenters. The molecule has 6 nitrogen and oxygen atoms in total. The van der Waals surface area contributed by atoms with Gasteiger partial charge < -0.3 is 9.47 Å². The Morgan fingerprint density at radius 1 is 0.812 bits per heavy atom. The van der Waals surface area contributed by atoms with E-state index in [0.29, 0.717) is 24.0 Å². The van der Waals surface area contributed by atoms with Gasteiger partial charge in [0.05, 0.1) is 25.0 Å². The normalized spacial score (nSPS) is 15.3. The van der Waals surface area contributed by atoms with Crippen molar-refractivity contribution >= 4 is 23.5 Å². The van der Waals surface area contributed by atoms with Gasteiger partial charge in [-0.2, -0.15) is 0 Å². The summed E-state index contributed by atoms with van der Waals surface area (Å²) in [6.07, 6.45) is 10.6. The molecule has 1 aliphatic rings. The Labute approximate surface area is 191 Å². The lowest BCUT2D eigenvalue weighted by molar-refractivity contribution is -0.149. The minimum Gasteiger partial charge on any atom is -0.466 e. The molecule has 0 aliphatic heterocycles. The lowest BCUT2D eigenvalue weighted by Crippen LogP contribution is -2.24. The number of carbonyl (C=O) groups excluding carboxylic acids is 4. The van der Waals surface area contributed by atoms with E-state index in [1.807, 2.05) is 0 Å². The van der Waals surface area contributed by atoms with Gasteiger partial charge >= 0.3 is 11.9 Å². The first-order valence-electron chi connectivity index (χ1n) is 11.4. The van der Waals surface area contributed by atoms with Crippen LogP contribution in [0.5, 0.6) is 0 Å². The van der Waals surface area contributed by atoms with Gasteiger partial charge in [-0.25, -0.2) is 0 Å². The van der Waals surface area contributed by atoms with Crippen LogP contribution >= 0.6 is 0 Å². The molecule has 0 saturated carbocycles. The van der Waals surface area contributed by atoms with E-state index in [2.05, 4.69) is 13.2 Å². The number of esters is 2. The molecule has 6 heteroatoms. The fourth-order valence-electron chi connectivity index (χ4n) is 3.64. The second-order valence-electron chi connectivity index (χ2n) is 7.81. The van der Waals surface area contributed by atoms with Crippen LogP contribution in [-0.4, -0.2) is 36.7 Å². The van der Waals surface area contributed by atoms with Crippen molar-refractivity contribution in [1.82, 2.24) is 0 Å². The van der Waals surface area contributed by atoms with Crippen LogP contribution in [0.15, 0.2) is 48.6 Å². The monoisotopic (exact) mass is 444 g/mol. The Morgan fingerprint density at radius 3 is 1.50 bits per heavy atom. The van der Waals surface area contributed by atoms with Crippen LogP contribution in [0.4, 0.5) is 0 Å². The number of unbranched alkanes of at least 4 members (excludes halogenated alkanes) is 2.